The van der Waals surface area contributed by atoms with Gasteiger partial charge in [0.15, 0.2) is 11.0 Å². The van der Waals surface area contributed by atoms with Crippen LogP contribution in [0.5, 0.6) is 11.5 Å². The van der Waals surface area contributed by atoms with Crippen molar-refractivity contribution in [2.24, 2.45) is 0 Å². The molecule has 2 aromatic carbocycles. The van der Waals surface area contributed by atoms with Crippen LogP contribution in [-0.4, -0.2) is 31.3 Å². The molecular weight excluding hydrogens is 441 g/mol. The molecule has 5 aromatic rings. The zero-order valence-electron chi connectivity index (χ0n) is 17.8. The van der Waals surface area contributed by atoms with Gasteiger partial charge in [-0.05, 0) is 48.5 Å². The Labute approximate surface area is 193 Å². The minimum atomic E-state index is -0.363. The number of fused-ring (bicyclic) bond motifs is 1. The molecule has 0 amide bonds. The standard InChI is InChI=1S/C24H20FN5O2S/c1-31-18-9-11-19(12-10-18)32-15-23-27-28-24(30(23)21-7-3-2-6-20(21)25)33-16-17-14-29-13-5-4-8-22(29)26-17/h2-14H,15-16H2,1H3. The van der Waals surface area contributed by atoms with E-state index in [-0.39, 0.29) is 12.4 Å². The van der Waals surface area contributed by atoms with E-state index in [1.54, 1.807) is 29.9 Å². The molecule has 9 heteroatoms. The van der Waals surface area contributed by atoms with E-state index < -0.39 is 0 Å². The molecule has 0 atom stereocenters. The maximum atomic E-state index is 14.7. The average molecular weight is 462 g/mol. The second kappa shape index (κ2) is 9.33. The van der Waals surface area contributed by atoms with Gasteiger partial charge >= 0.3 is 0 Å². The van der Waals surface area contributed by atoms with Crippen LogP contribution in [0.25, 0.3) is 11.3 Å². The zero-order chi connectivity index (χ0) is 22.6. The molecule has 0 bridgehead atoms. The fraction of sp³-hybridized carbons (Fsp3) is 0.125. The van der Waals surface area contributed by atoms with Crippen LogP contribution in [0.2, 0.25) is 0 Å². The third kappa shape index (κ3) is 4.54. The lowest BCUT2D eigenvalue weighted by Gasteiger charge is -2.12. The molecule has 0 unspecified atom stereocenters. The molecule has 0 aliphatic heterocycles. The summed E-state index contributed by atoms with van der Waals surface area (Å²) >= 11 is 1.44. The molecule has 0 saturated carbocycles. The van der Waals surface area contributed by atoms with Gasteiger partial charge in [-0.25, -0.2) is 9.37 Å². The van der Waals surface area contributed by atoms with Crippen molar-refractivity contribution < 1.29 is 13.9 Å². The monoisotopic (exact) mass is 461 g/mol. The molecule has 3 heterocycles. The molecule has 0 aliphatic carbocycles. The maximum absolute atomic E-state index is 14.7. The van der Waals surface area contributed by atoms with Gasteiger partial charge in [0, 0.05) is 18.1 Å². The zero-order valence-corrected chi connectivity index (χ0v) is 18.6. The third-order valence-electron chi connectivity index (χ3n) is 4.98. The molecule has 3 aromatic heterocycles. The first-order valence-electron chi connectivity index (χ1n) is 10.2. The summed E-state index contributed by atoms with van der Waals surface area (Å²) < 4.78 is 29.4. The Bertz CT molecular complexity index is 1350. The van der Waals surface area contributed by atoms with Gasteiger partial charge in [0.2, 0.25) is 0 Å². The van der Waals surface area contributed by atoms with Crippen LogP contribution in [-0.2, 0) is 12.4 Å². The summed E-state index contributed by atoms with van der Waals surface area (Å²) in [5.74, 6) is 2.08. The first-order valence-corrected chi connectivity index (χ1v) is 11.2. The quantitative estimate of drug-likeness (QED) is 0.305. The Kier molecular flexibility index (Phi) is 5.95. The Morgan fingerprint density at radius 3 is 2.52 bits per heavy atom. The summed E-state index contributed by atoms with van der Waals surface area (Å²) in [6.07, 6.45) is 3.92. The van der Waals surface area contributed by atoms with E-state index in [0.29, 0.717) is 28.2 Å². The highest BCUT2D eigenvalue weighted by molar-refractivity contribution is 7.98. The predicted octanol–water partition coefficient (Wildman–Crippen LogP) is 4.93. The predicted molar refractivity (Wildman–Crippen MR) is 123 cm³/mol. The topological polar surface area (TPSA) is 66.5 Å². The highest BCUT2D eigenvalue weighted by Gasteiger charge is 2.18. The van der Waals surface area contributed by atoms with Gasteiger partial charge in [-0.15, -0.1) is 10.2 Å². The third-order valence-corrected chi connectivity index (χ3v) is 5.95. The Balaban J connectivity index is 1.40. The van der Waals surface area contributed by atoms with Gasteiger partial charge in [0.25, 0.3) is 0 Å². The molecule has 0 fully saturated rings. The first kappa shape index (κ1) is 21.0. The normalized spacial score (nSPS) is 11.1. The number of ether oxygens (including phenoxy) is 2. The van der Waals surface area contributed by atoms with Gasteiger partial charge < -0.3 is 13.9 Å². The van der Waals surface area contributed by atoms with Crippen LogP contribution in [0.15, 0.2) is 84.3 Å². The molecule has 33 heavy (non-hydrogen) atoms. The molecule has 7 nitrogen and oxygen atoms in total. The lowest BCUT2D eigenvalue weighted by Crippen LogP contribution is -2.08. The van der Waals surface area contributed by atoms with Crippen molar-refractivity contribution >= 4 is 17.4 Å². The number of thioether (sulfide) groups is 1. The number of hydrogen-bond donors (Lipinski definition) is 0. The van der Waals surface area contributed by atoms with Crippen LogP contribution in [0, 0.1) is 5.82 Å². The molecular formula is C24H20FN5O2S. The summed E-state index contributed by atoms with van der Waals surface area (Å²) in [5.41, 5.74) is 2.14. The second-order valence-corrected chi connectivity index (χ2v) is 8.08. The van der Waals surface area contributed by atoms with Crippen molar-refractivity contribution in [3.8, 4) is 17.2 Å². The van der Waals surface area contributed by atoms with E-state index in [4.69, 9.17) is 9.47 Å². The summed E-state index contributed by atoms with van der Waals surface area (Å²) in [5, 5.41) is 9.17. The van der Waals surface area contributed by atoms with E-state index >= 15 is 0 Å². The van der Waals surface area contributed by atoms with E-state index in [0.717, 1.165) is 17.1 Å². The van der Waals surface area contributed by atoms with Gasteiger partial charge in [0.1, 0.15) is 29.6 Å². The fourth-order valence-corrected chi connectivity index (χ4v) is 4.22. The molecule has 5 rings (SSSR count). The average Bonchev–Trinajstić information content (AvgIpc) is 3.45. The van der Waals surface area contributed by atoms with Crippen molar-refractivity contribution in [2.45, 2.75) is 17.5 Å². The van der Waals surface area contributed by atoms with Crippen molar-refractivity contribution in [2.75, 3.05) is 7.11 Å². The molecule has 0 radical (unpaired) electrons. The molecule has 0 spiro atoms. The Morgan fingerprint density at radius 2 is 1.73 bits per heavy atom. The van der Waals surface area contributed by atoms with Crippen LogP contribution in [0.1, 0.15) is 11.5 Å². The van der Waals surface area contributed by atoms with Gasteiger partial charge in [-0.2, -0.15) is 0 Å². The highest BCUT2D eigenvalue weighted by atomic mass is 32.2. The molecule has 0 aliphatic rings. The minimum Gasteiger partial charge on any atom is -0.497 e. The van der Waals surface area contributed by atoms with E-state index in [1.807, 2.05) is 59.3 Å². The lowest BCUT2D eigenvalue weighted by atomic mass is 10.3. The molecule has 166 valence electrons. The van der Waals surface area contributed by atoms with Crippen molar-refractivity contribution in [3.05, 3.63) is 96.5 Å². The first-order chi connectivity index (χ1) is 16.2. The largest absolute Gasteiger partial charge is 0.497 e. The SMILES string of the molecule is COc1ccc(OCc2nnc(SCc3cn4ccccc4n3)n2-c2ccccc2F)cc1. The fourth-order valence-electron chi connectivity index (χ4n) is 3.38. The molecule has 0 N–H and O–H groups in total. The van der Waals surface area contributed by atoms with E-state index in [1.165, 1.54) is 17.8 Å². The number of aromatic nitrogens is 5. The van der Waals surface area contributed by atoms with E-state index in [9.17, 15) is 4.39 Å². The summed E-state index contributed by atoms with van der Waals surface area (Å²) in [6.45, 7) is 0.128. The van der Waals surface area contributed by atoms with Crippen LogP contribution >= 0.6 is 11.8 Å². The summed E-state index contributed by atoms with van der Waals surface area (Å²) in [7, 11) is 1.61. The number of hydrogen-bond acceptors (Lipinski definition) is 6. The minimum absolute atomic E-state index is 0.128. The number of benzene rings is 2. The van der Waals surface area contributed by atoms with Gasteiger partial charge in [-0.3, -0.25) is 4.57 Å². The number of imidazole rings is 1. The van der Waals surface area contributed by atoms with Crippen molar-refractivity contribution in [3.63, 3.8) is 0 Å². The summed E-state index contributed by atoms with van der Waals surface area (Å²) in [4.78, 5) is 4.62. The van der Waals surface area contributed by atoms with E-state index in [2.05, 4.69) is 15.2 Å². The Hall–Kier alpha value is -3.85. The van der Waals surface area contributed by atoms with Gasteiger partial charge in [-0.1, -0.05) is 30.0 Å². The smallest absolute Gasteiger partial charge is 0.196 e. The highest BCUT2D eigenvalue weighted by Crippen LogP contribution is 2.27. The number of halogens is 1. The van der Waals surface area contributed by atoms with Crippen molar-refractivity contribution in [1.82, 2.24) is 24.1 Å². The molecule has 0 saturated heterocycles. The van der Waals surface area contributed by atoms with Crippen molar-refractivity contribution in [1.29, 1.82) is 0 Å². The van der Waals surface area contributed by atoms with Crippen LogP contribution in [0.3, 0.4) is 0 Å². The number of para-hydroxylation sites is 1. The number of rotatable bonds is 8. The lowest BCUT2D eigenvalue weighted by molar-refractivity contribution is 0.292. The van der Waals surface area contributed by atoms with Crippen LogP contribution in [0.4, 0.5) is 4.39 Å². The number of methoxy groups -OCH3 is 1. The Morgan fingerprint density at radius 1 is 0.939 bits per heavy atom. The summed E-state index contributed by atoms with van der Waals surface area (Å²) in [6, 6.07) is 19.6. The number of pyridine rings is 1. The second-order valence-electron chi connectivity index (χ2n) is 7.14. The maximum Gasteiger partial charge on any atom is 0.196 e. The van der Waals surface area contributed by atoms with Crippen LogP contribution < -0.4 is 9.47 Å². The van der Waals surface area contributed by atoms with Gasteiger partial charge in [0.05, 0.1) is 18.5 Å². The number of nitrogens with zero attached hydrogens (tertiary/aromatic N) is 5.